The van der Waals surface area contributed by atoms with Crippen LogP contribution in [0.4, 0.5) is 0 Å². The number of hydrogen-bond donors (Lipinski definition) is 1. The van der Waals surface area contributed by atoms with Gasteiger partial charge >= 0.3 is 0 Å². The van der Waals surface area contributed by atoms with E-state index in [4.69, 9.17) is 5.11 Å². The molecule has 3 nitrogen and oxygen atoms in total. The first-order chi connectivity index (χ1) is 7.65. The fourth-order valence-corrected chi connectivity index (χ4v) is 1.40. The van der Waals surface area contributed by atoms with E-state index in [-0.39, 0.29) is 11.7 Å². The normalized spacial score (nSPS) is 9.81. The minimum Gasteiger partial charge on any atom is -0.508 e. The van der Waals surface area contributed by atoms with E-state index in [1.807, 2.05) is 6.08 Å². The molecular formula is C13H17NO2. The molecule has 1 amide bonds. The minimum atomic E-state index is -0.0240. The summed E-state index contributed by atoms with van der Waals surface area (Å²) in [6, 6.07) is 6.29. The Bertz CT molecular complexity index is 357. The number of unbranched alkanes of at least 4 members (excludes halogenated alkanes) is 1. The number of carbonyl (C=O) groups is 1. The number of carbonyl (C=O) groups excluding carboxylic acids is 1. The Kier molecular flexibility index (Phi) is 4.58. The third-order valence-electron chi connectivity index (χ3n) is 2.36. The molecule has 16 heavy (non-hydrogen) atoms. The van der Waals surface area contributed by atoms with E-state index in [0.29, 0.717) is 12.1 Å². The molecule has 0 heterocycles. The van der Waals surface area contributed by atoms with Crippen LogP contribution in [0.1, 0.15) is 23.2 Å². The highest BCUT2D eigenvalue weighted by Gasteiger charge is 2.10. The highest BCUT2D eigenvalue weighted by atomic mass is 16.3. The van der Waals surface area contributed by atoms with Crippen LogP contribution in [-0.4, -0.2) is 29.5 Å². The van der Waals surface area contributed by atoms with Crippen molar-refractivity contribution in [2.75, 3.05) is 13.6 Å². The van der Waals surface area contributed by atoms with E-state index in [1.54, 1.807) is 24.1 Å². The summed E-state index contributed by atoms with van der Waals surface area (Å²) in [5.74, 6) is 0.148. The molecule has 0 saturated heterocycles. The molecule has 1 aromatic carbocycles. The Morgan fingerprint density at radius 3 is 2.62 bits per heavy atom. The third kappa shape index (κ3) is 3.42. The summed E-state index contributed by atoms with van der Waals surface area (Å²) in [7, 11) is 1.78. The number of benzene rings is 1. The maximum Gasteiger partial charge on any atom is 0.253 e. The summed E-state index contributed by atoms with van der Waals surface area (Å²) in [5.41, 5.74) is 0.596. The molecule has 0 aromatic heterocycles. The van der Waals surface area contributed by atoms with E-state index in [2.05, 4.69) is 6.58 Å². The van der Waals surface area contributed by atoms with E-state index in [1.165, 1.54) is 12.1 Å². The van der Waals surface area contributed by atoms with Gasteiger partial charge in [-0.2, -0.15) is 0 Å². The lowest BCUT2D eigenvalue weighted by atomic mass is 10.2. The molecule has 1 aromatic rings. The van der Waals surface area contributed by atoms with Gasteiger partial charge in [0.25, 0.3) is 5.91 Å². The van der Waals surface area contributed by atoms with Crippen LogP contribution >= 0.6 is 0 Å². The van der Waals surface area contributed by atoms with Crippen LogP contribution in [-0.2, 0) is 0 Å². The van der Waals surface area contributed by atoms with Gasteiger partial charge in [-0.25, -0.2) is 0 Å². The first-order valence-electron chi connectivity index (χ1n) is 5.30. The Balaban J connectivity index is 2.56. The zero-order valence-electron chi connectivity index (χ0n) is 9.52. The van der Waals surface area contributed by atoms with Crippen molar-refractivity contribution in [1.82, 2.24) is 4.90 Å². The summed E-state index contributed by atoms with van der Waals surface area (Å²) in [5, 5.41) is 9.11. The first kappa shape index (κ1) is 12.3. The second-order valence-electron chi connectivity index (χ2n) is 3.70. The van der Waals surface area contributed by atoms with Gasteiger partial charge in [-0.3, -0.25) is 4.79 Å². The number of nitrogens with zero attached hydrogens (tertiary/aromatic N) is 1. The van der Waals surface area contributed by atoms with Gasteiger partial charge in [0.15, 0.2) is 0 Å². The maximum absolute atomic E-state index is 11.9. The highest BCUT2D eigenvalue weighted by Crippen LogP contribution is 2.11. The molecule has 0 aliphatic heterocycles. The number of phenols is 1. The predicted molar refractivity (Wildman–Crippen MR) is 64.5 cm³/mol. The van der Waals surface area contributed by atoms with Crippen LogP contribution in [0.2, 0.25) is 0 Å². The molecule has 1 N–H and O–H groups in total. The zero-order chi connectivity index (χ0) is 12.0. The highest BCUT2D eigenvalue weighted by molar-refractivity contribution is 5.94. The number of allylic oxidation sites excluding steroid dienone is 1. The van der Waals surface area contributed by atoms with Crippen LogP contribution in [0.5, 0.6) is 5.75 Å². The van der Waals surface area contributed by atoms with E-state index in [9.17, 15) is 4.79 Å². The van der Waals surface area contributed by atoms with Gasteiger partial charge in [0.1, 0.15) is 5.75 Å². The van der Waals surface area contributed by atoms with Crippen molar-refractivity contribution in [2.24, 2.45) is 0 Å². The van der Waals surface area contributed by atoms with Crippen LogP contribution in [0.15, 0.2) is 36.9 Å². The van der Waals surface area contributed by atoms with Gasteiger partial charge < -0.3 is 10.0 Å². The molecule has 86 valence electrons. The SMILES string of the molecule is C=CCCCN(C)C(=O)c1ccc(O)cc1. The molecular weight excluding hydrogens is 202 g/mol. The molecule has 0 saturated carbocycles. The number of rotatable bonds is 5. The van der Waals surface area contributed by atoms with Crippen molar-refractivity contribution >= 4 is 5.91 Å². The molecule has 0 spiro atoms. The van der Waals surface area contributed by atoms with Crippen LogP contribution in [0.25, 0.3) is 0 Å². The van der Waals surface area contributed by atoms with Crippen molar-refractivity contribution in [2.45, 2.75) is 12.8 Å². The summed E-state index contributed by atoms with van der Waals surface area (Å²) in [4.78, 5) is 13.5. The van der Waals surface area contributed by atoms with Crippen LogP contribution in [0, 0.1) is 0 Å². The maximum atomic E-state index is 11.9. The van der Waals surface area contributed by atoms with Crippen molar-refractivity contribution in [3.63, 3.8) is 0 Å². The molecule has 3 heteroatoms. The average molecular weight is 219 g/mol. The largest absolute Gasteiger partial charge is 0.508 e. The Morgan fingerprint density at radius 1 is 1.44 bits per heavy atom. The zero-order valence-corrected chi connectivity index (χ0v) is 9.52. The third-order valence-corrected chi connectivity index (χ3v) is 2.36. The Labute approximate surface area is 96.0 Å². The molecule has 0 fully saturated rings. The fraction of sp³-hybridized carbons (Fsp3) is 0.308. The van der Waals surface area contributed by atoms with Crippen molar-refractivity contribution in [1.29, 1.82) is 0 Å². The van der Waals surface area contributed by atoms with Gasteiger partial charge in [-0.05, 0) is 37.1 Å². The van der Waals surface area contributed by atoms with Crippen molar-refractivity contribution in [3.8, 4) is 5.75 Å². The molecule has 1 rings (SSSR count). The van der Waals surface area contributed by atoms with Crippen LogP contribution in [0.3, 0.4) is 0 Å². The summed E-state index contributed by atoms with van der Waals surface area (Å²) in [6.45, 7) is 4.35. The molecule has 0 aliphatic carbocycles. The standard InChI is InChI=1S/C13H17NO2/c1-3-4-5-10-14(2)13(16)11-6-8-12(15)9-7-11/h3,6-9,15H,1,4-5,10H2,2H3. The van der Waals surface area contributed by atoms with Crippen molar-refractivity contribution < 1.29 is 9.90 Å². The van der Waals surface area contributed by atoms with Gasteiger partial charge in [0.05, 0.1) is 0 Å². The summed E-state index contributed by atoms with van der Waals surface area (Å²) >= 11 is 0. The van der Waals surface area contributed by atoms with E-state index < -0.39 is 0 Å². The summed E-state index contributed by atoms with van der Waals surface area (Å²) < 4.78 is 0. The second-order valence-corrected chi connectivity index (χ2v) is 3.70. The monoisotopic (exact) mass is 219 g/mol. The quantitative estimate of drug-likeness (QED) is 0.610. The van der Waals surface area contributed by atoms with E-state index in [0.717, 1.165) is 12.8 Å². The van der Waals surface area contributed by atoms with E-state index >= 15 is 0 Å². The lowest BCUT2D eigenvalue weighted by Gasteiger charge is -2.16. The Hall–Kier alpha value is -1.77. The lowest BCUT2D eigenvalue weighted by Crippen LogP contribution is -2.27. The van der Waals surface area contributed by atoms with Crippen LogP contribution < -0.4 is 0 Å². The number of hydrogen-bond acceptors (Lipinski definition) is 2. The molecule has 0 atom stereocenters. The lowest BCUT2D eigenvalue weighted by molar-refractivity contribution is 0.0794. The number of phenolic OH excluding ortho intramolecular Hbond substituents is 1. The van der Waals surface area contributed by atoms with Crippen molar-refractivity contribution in [3.05, 3.63) is 42.5 Å². The second kappa shape index (κ2) is 5.95. The van der Waals surface area contributed by atoms with Gasteiger partial charge in [0.2, 0.25) is 0 Å². The smallest absolute Gasteiger partial charge is 0.253 e. The predicted octanol–water partition coefficient (Wildman–Crippen LogP) is 2.43. The van der Waals surface area contributed by atoms with Gasteiger partial charge in [-0.15, -0.1) is 6.58 Å². The molecule has 0 unspecified atom stereocenters. The first-order valence-corrected chi connectivity index (χ1v) is 5.30. The number of amides is 1. The fourth-order valence-electron chi connectivity index (χ4n) is 1.40. The Morgan fingerprint density at radius 2 is 2.06 bits per heavy atom. The molecule has 0 bridgehead atoms. The van der Waals surface area contributed by atoms with Gasteiger partial charge in [0, 0.05) is 19.2 Å². The average Bonchev–Trinajstić information content (AvgIpc) is 2.29. The molecule has 0 aliphatic rings. The molecule has 0 radical (unpaired) electrons. The van der Waals surface area contributed by atoms with Gasteiger partial charge in [-0.1, -0.05) is 6.08 Å². The summed E-state index contributed by atoms with van der Waals surface area (Å²) in [6.07, 6.45) is 3.68. The minimum absolute atomic E-state index is 0.0240. The number of aromatic hydroxyl groups is 1. The topological polar surface area (TPSA) is 40.5 Å².